The Bertz CT molecular complexity index is 1200. The van der Waals surface area contributed by atoms with Gasteiger partial charge in [0.05, 0.1) is 30.1 Å². The van der Waals surface area contributed by atoms with Crippen LogP contribution in [0.25, 0.3) is 11.3 Å². The van der Waals surface area contributed by atoms with Gasteiger partial charge in [0.25, 0.3) is 0 Å². The molecule has 1 fully saturated rings. The van der Waals surface area contributed by atoms with Crippen molar-refractivity contribution in [2.45, 2.75) is 31.0 Å². The van der Waals surface area contributed by atoms with Gasteiger partial charge < -0.3 is 15.2 Å². The molecule has 0 bridgehead atoms. The van der Waals surface area contributed by atoms with E-state index < -0.39 is 28.6 Å². The number of anilines is 1. The maximum atomic E-state index is 13.2. The number of halogens is 4. The third-order valence-corrected chi connectivity index (χ3v) is 5.83. The molecule has 0 unspecified atom stereocenters. The van der Waals surface area contributed by atoms with Crippen LogP contribution in [0.4, 0.5) is 23.2 Å². The zero-order chi connectivity index (χ0) is 24.7. The van der Waals surface area contributed by atoms with Crippen LogP contribution in [-0.4, -0.2) is 29.2 Å². The number of benzene rings is 2. The second kappa shape index (κ2) is 8.48. The van der Waals surface area contributed by atoms with Crippen molar-refractivity contribution >= 4 is 11.6 Å². The lowest BCUT2D eigenvalue weighted by molar-refractivity contribution is -0.140. The van der Waals surface area contributed by atoms with Gasteiger partial charge >= 0.3 is 6.18 Å². The molecular weight excluding hydrogens is 452 g/mol. The minimum atomic E-state index is -4.55. The minimum Gasteiger partial charge on any atom is -0.386 e. The van der Waals surface area contributed by atoms with Crippen molar-refractivity contribution in [3.63, 3.8) is 0 Å². The molecule has 9 heteroatoms. The van der Waals surface area contributed by atoms with Crippen LogP contribution < -0.4 is 5.32 Å². The van der Waals surface area contributed by atoms with E-state index in [1.165, 1.54) is 50.4 Å². The van der Waals surface area contributed by atoms with Crippen molar-refractivity contribution in [3.05, 3.63) is 83.3 Å². The molecule has 178 valence electrons. The van der Waals surface area contributed by atoms with Gasteiger partial charge in [0.1, 0.15) is 11.2 Å². The van der Waals surface area contributed by atoms with Gasteiger partial charge in [-0.1, -0.05) is 12.1 Å². The second-order valence-electron chi connectivity index (χ2n) is 8.79. The number of alkyl halides is 3. The van der Waals surface area contributed by atoms with Crippen LogP contribution in [0, 0.1) is 5.82 Å². The molecule has 2 heterocycles. The Hall–Kier alpha value is -3.30. The second-order valence-corrected chi connectivity index (χ2v) is 8.79. The molecule has 1 amide bonds. The molecule has 0 aliphatic carbocycles. The zero-order valence-electron chi connectivity index (χ0n) is 18.4. The zero-order valence-corrected chi connectivity index (χ0v) is 18.4. The lowest BCUT2D eigenvalue weighted by Gasteiger charge is -2.40. The van der Waals surface area contributed by atoms with Crippen molar-refractivity contribution < 1.29 is 32.2 Å². The summed E-state index contributed by atoms with van der Waals surface area (Å²) >= 11 is 0. The van der Waals surface area contributed by atoms with Crippen molar-refractivity contribution in [2.24, 2.45) is 0 Å². The highest BCUT2D eigenvalue weighted by molar-refractivity contribution is 6.00. The number of pyridine rings is 1. The largest absolute Gasteiger partial charge is 0.416 e. The monoisotopic (exact) mass is 474 g/mol. The first-order chi connectivity index (χ1) is 15.9. The summed E-state index contributed by atoms with van der Waals surface area (Å²) in [4.78, 5) is 17.4. The summed E-state index contributed by atoms with van der Waals surface area (Å²) in [6.45, 7) is 3.05. The van der Waals surface area contributed by atoms with Crippen molar-refractivity contribution in [1.29, 1.82) is 0 Å². The molecule has 34 heavy (non-hydrogen) atoms. The summed E-state index contributed by atoms with van der Waals surface area (Å²) in [6, 6.07) is 11.8. The van der Waals surface area contributed by atoms with Crippen LogP contribution in [0.15, 0.2) is 60.8 Å². The van der Waals surface area contributed by atoms with Gasteiger partial charge in [0.15, 0.2) is 0 Å². The molecule has 0 saturated carbocycles. The number of amides is 1. The first-order valence-corrected chi connectivity index (χ1v) is 10.5. The molecule has 2 aromatic carbocycles. The van der Waals surface area contributed by atoms with Crippen molar-refractivity contribution in [2.75, 3.05) is 18.5 Å². The number of rotatable bonds is 5. The smallest absolute Gasteiger partial charge is 0.386 e. The van der Waals surface area contributed by atoms with Crippen LogP contribution in [0.5, 0.6) is 0 Å². The molecule has 3 aromatic rings. The summed E-state index contributed by atoms with van der Waals surface area (Å²) in [7, 11) is 0. The normalized spacial score (nSPS) is 15.5. The van der Waals surface area contributed by atoms with Gasteiger partial charge in [-0.25, -0.2) is 4.39 Å². The molecule has 0 atom stereocenters. The van der Waals surface area contributed by atoms with Crippen LogP contribution in [-0.2, 0) is 26.7 Å². The Morgan fingerprint density at radius 2 is 1.74 bits per heavy atom. The van der Waals surface area contributed by atoms with E-state index in [1.807, 2.05) is 0 Å². The van der Waals surface area contributed by atoms with Crippen LogP contribution >= 0.6 is 0 Å². The van der Waals surface area contributed by atoms with Crippen molar-refractivity contribution in [3.8, 4) is 11.3 Å². The van der Waals surface area contributed by atoms with Gasteiger partial charge in [-0.05, 0) is 67.4 Å². The molecular formula is C25H22F4N2O3. The topological polar surface area (TPSA) is 71.5 Å². The average Bonchev–Trinajstić information content (AvgIpc) is 2.73. The Morgan fingerprint density at radius 3 is 2.24 bits per heavy atom. The average molecular weight is 474 g/mol. The predicted molar refractivity (Wildman–Crippen MR) is 117 cm³/mol. The summed E-state index contributed by atoms with van der Waals surface area (Å²) in [5.41, 5.74) is -1.63. The highest BCUT2D eigenvalue weighted by atomic mass is 19.4. The van der Waals surface area contributed by atoms with E-state index in [0.29, 0.717) is 22.5 Å². The number of nitrogens with zero attached hydrogens (tertiary/aromatic N) is 1. The maximum absolute atomic E-state index is 13.2. The summed E-state index contributed by atoms with van der Waals surface area (Å²) < 4.78 is 58.1. The number of nitrogens with one attached hydrogen (secondary N) is 1. The molecule has 0 radical (unpaired) electrons. The standard InChI is InChI=1S/C25H22F4N2O3/c1-23(2,33)20-11-15(25(27,28)29)3-9-19(20)21-10-4-16(12-30-21)24(13-34-14-24)22(32)31-18-7-5-17(26)6-8-18/h3-12,33H,13-14H2,1-2H3,(H,31,32). The Morgan fingerprint density at radius 1 is 1.06 bits per heavy atom. The number of carbonyl (C=O) groups is 1. The predicted octanol–water partition coefficient (Wildman–Crippen LogP) is 5.04. The van der Waals surface area contributed by atoms with Gasteiger partial charge in [-0.15, -0.1) is 0 Å². The minimum absolute atomic E-state index is 0.0818. The van der Waals surface area contributed by atoms with Gasteiger partial charge in [0.2, 0.25) is 5.91 Å². The molecule has 1 saturated heterocycles. The molecule has 2 N–H and O–H groups in total. The van der Waals surface area contributed by atoms with E-state index in [-0.39, 0.29) is 24.7 Å². The van der Waals surface area contributed by atoms with Gasteiger partial charge in [0, 0.05) is 17.4 Å². The van der Waals surface area contributed by atoms with E-state index in [1.54, 1.807) is 12.1 Å². The quantitative estimate of drug-likeness (QED) is 0.509. The number of hydrogen-bond acceptors (Lipinski definition) is 4. The third kappa shape index (κ3) is 4.53. The van der Waals surface area contributed by atoms with Crippen molar-refractivity contribution in [1.82, 2.24) is 4.98 Å². The van der Waals surface area contributed by atoms with Gasteiger partial charge in [-0.2, -0.15) is 13.2 Å². The number of aliphatic hydroxyl groups is 1. The molecule has 4 rings (SSSR count). The van der Waals surface area contributed by atoms with E-state index in [0.717, 1.165) is 12.1 Å². The van der Waals surface area contributed by atoms with E-state index in [4.69, 9.17) is 4.74 Å². The highest BCUT2D eigenvalue weighted by Crippen LogP contribution is 2.38. The number of ether oxygens (including phenoxy) is 1. The number of carbonyl (C=O) groups excluding carboxylic acids is 1. The number of aromatic nitrogens is 1. The summed E-state index contributed by atoms with van der Waals surface area (Å²) in [6.07, 6.45) is -3.07. The molecule has 5 nitrogen and oxygen atoms in total. The summed E-state index contributed by atoms with van der Waals surface area (Å²) in [5.74, 6) is -0.764. The number of hydrogen-bond donors (Lipinski definition) is 2. The highest BCUT2D eigenvalue weighted by Gasteiger charge is 2.48. The third-order valence-electron chi connectivity index (χ3n) is 5.83. The van der Waals surface area contributed by atoms with E-state index in [9.17, 15) is 27.5 Å². The van der Waals surface area contributed by atoms with E-state index in [2.05, 4.69) is 10.3 Å². The summed E-state index contributed by atoms with van der Waals surface area (Å²) in [5, 5.41) is 13.2. The lowest BCUT2D eigenvalue weighted by Crippen LogP contribution is -2.55. The van der Waals surface area contributed by atoms with Gasteiger partial charge in [-0.3, -0.25) is 9.78 Å². The SMILES string of the molecule is CC(C)(O)c1cc(C(F)(F)F)ccc1-c1ccc(C2(C(=O)Nc3ccc(F)cc3)COC2)cn1. The Kier molecular flexibility index (Phi) is 5.95. The molecule has 0 spiro atoms. The Balaban J connectivity index is 1.65. The Labute approximate surface area is 193 Å². The fourth-order valence-electron chi connectivity index (χ4n) is 3.81. The fraction of sp³-hybridized carbons (Fsp3) is 0.280. The molecule has 1 aliphatic rings. The first-order valence-electron chi connectivity index (χ1n) is 10.5. The molecule has 1 aliphatic heterocycles. The van der Waals surface area contributed by atoms with Crippen LogP contribution in [0.1, 0.15) is 30.5 Å². The van der Waals surface area contributed by atoms with E-state index >= 15 is 0 Å². The maximum Gasteiger partial charge on any atom is 0.416 e. The molecule has 1 aromatic heterocycles. The first kappa shape index (κ1) is 23.8. The lowest BCUT2D eigenvalue weighted by atomic mass is 9.78. The van der Waals surface area contributed by atoms with Crippen LogP contribution in [0.2, 0.25) is 0 Å². The fourth-order valence-corrected chi connectivity index (χ4v) is 3.81. The van der Waals surface area contributed by atoms with Crippen LogP contribution in [0.3, 0.4) is 0 Å².